The Labute approximate surface area is 144 Å². The molecule has 0 fully saturated rings. The zero-order chi connectivity index (χ0) is 17.6. The van der Waals surface area contributed by atoms with Crippen LogP contribution in [0.1, 0.15) is 33.3 Å². The lowest BCUT2D eigenvalue weighted by Gasteiger charge is -2.22. The molecule has 0 heterocycles. The van der Waals surface area contributed by atoms with E-state index in [1.165, 1.54) is 0 Å². The van der Waals surface area contributed by atoms with Gasteiger partial charge in [0.05, 0.1) is 4.47 Å². The fraction of sp³-hybridized carbons (Fsp3) is 0.500. The molecule has 0 saturated carbocycles. The molecule has 6 nitrogen and oxygen atoms in total. The highest BCUT2D eigenvalue weighted by molar-refractivity contribution is 9.10. The summed E-state index contributed by atoms with van der Waals surface area (Å²) >= 11 is 3.38. The number of halogens is 1. The molecule has 0 bridgehead atoms. The fourth-order valence-corrected chi connectivity index (χ4v) is 2.22. The molecule has 0 aliphatic carbocycles. The van der Waals surface area contributed by atoms with Crippen LogP contribution in [0.15, 0.2) is 22.7 Å². The molecule has 0 saturated heterocycles. The molecule has 128 valence electrons. The second-order valence-corrected chi connectivity index (χ2v) is 6.82. The summed E-state index contributed by atoms with van der Waals surface area (Å²) in [5.74, 6) is -0.684. The van der Waals surface area contributed by atoms with Crippen LogP contribution in [0.5, 0.6) is 5.75 Å². The van der Waals surface area contributed by atoms with Crippen LogP contribution in [0.2, 0.25) is 0 Å². The molecule has 2 N–H and O–H groups in total. The molecule has 1 amide bonds. The number of aryl methyl sites for hydroxylation is 1. The first kappa shape index (κ1) is 19.3. The van der Waals surface area contributed by atoms with E-state index < -0.39 is 23.7 Å². The summed E-state index contributed by atoms with van der Waals surface area (Å²) in [6, 6.07) is 4.36. The predicted molar refractivity (Wildman–Crippen MR) is 89.8 cm³/mol. The Morgan fingerprint density at radius 1 is 1.35 bits per heavy atom. The van der Waals surface area contributed by atoms with Gasteiger partial charge in [-0.25, -0.2) is 9.59 Å². The van der Waals surface area contributed by atoms with Crippen molar-refractivity contribution >= 4 is 28.0 Å². The Bertz CT molecular complexity index is 568. The fourth-order valence-electron chi connectivity index (χ4n) is 1.68. The largest absolute Gasteiger partial charge is 0.490 e. The molecular weight excluding hydrogens is 366 g/mol. The van der Waals surface area contributed by atoms with Crippen molar-refractivity contribution in [1.82, 2.24) is 5.32 Å². The highest BCUT2D eigenvalue weighted by Crippen LogP contribution is 2.26. The number of alkyl carbamates (subject to hydrolysis) is 1. The molecule has 7 heteroatoms. The summed E-state index contributed by atoms with van der Waals surface area (Å²) in [7, 11) is 0. The first-order valence-corrected chi connectivity index (χ1v) is 8.05. The van der Waals surface area contributed by atoms with Crippen LogP contribution in [0.3, 0.4) is 0 Å². The van der Waals surface area contributed by atoms with Crippen molar-refractivity contribution < 1.29 is 24.2 Å². The van der Waals surface area contributed by atoms with E-state index in [4.69, 9.17) is 9.47 Å². The molecule has 0 aliphatic heterocycles. The molecule has 0 spiro atoms. The molecule has 1 atom stereocenters. The number of carboxylic acids is 1. The van der Waals surface area contributed by atoms with E-state index >= 15 is 0 Å². The van der Waals surface area contributed by atoms with Crippen LogP contribution < -0.4 is 10.1 Å². The molecule has 1 rings (SSSR count). The van der Waals surface area contributed by atoms with Gasteiger partial charge in [-0.05, 0) is 60.8 Å². The third-order valence-electron chi connectivity index (χ3n) is 2.80. The summed E-state index contributed by atoms with van der Waals surface area (Å²) < 4.78 is 11.3. The number of carbonyl (C=O) groups excluding carboxylic acids is 1. The lowest BCUT2D eigenvalue weighted by molar-refractivity contribution is -0.140. The van der Waals surface area contributed by atoms with E-state index in [9.17, 15) is 14.7 Å². The average Bonchev–Trinajstić information content (AvgIpc) is 2.42. The Hall–Kier alpha value is -1.76. The zero-order valence-electron chi connectivity index (χ0n) is 13.7. The maximum atomic E-state index is 11.7. The summed E-state index contributed by atoms with van der Waals surface area (Å²) in [4.78, 5) is 22.9. The van der Waals surface area contributed by atoms with Gasteiger partial charge in [-0.3, -0.25) is 0 Å². The van der Waals surface area contributed by atoms with Crippen molar-refractivity contribution in [2.24, 2.45) is 0 Å². The smallest absolute Gasteiger partial charge is 0.408 e. The molecule has 23 heavy (non-hydrogen) atoms. The van der Waals surface area contributed by atoms with Crippen molar-refractivity contribution in [1.29, 1.82) is 0 Å². The molecule has 1 aromatic carbocycles. The molecular formula is C16H22BrNO5. The molecule has 1 aromatic rings. The number of nitrogens with one attached hydrogen (secondary N) is 1. The van der Waals surface area contributed by atoms with E-state index in [0.29, 0.717) is 5.75 Å². The second-order valence-electron chi connectivity index (χ2n) is 5.97. The van der Waals surface area contributed by atoms with E-state index in [-0.39, 0.29) is 6.61 Å². The van der Waals surface area contributed by atoms with Gasteiger partial charge in [-0.15, -0.1) is 0 Å². The minimum absolute atomic E-state index is 0.210. The van der Waals surface area contributed by atoms with E-state index in [1.54, 1.807) is 26.8 Å². The molecule has 0 radical (unpaired) electrons. The minimum atomic E-state index is -1.21. The van der Waals surface area contributed by atoms with Gasteiger partial charge in [0.15, 0.2) is 6.04 Å². The van der Waals surface area contributed by atoms with Crippen LogP contribution >= 0.6 is 15.9 Å². The van der Waals surface area contributed by atoms with Crippen molar-refractivity contribution in [2.75, 3.05) is 6.61 Å². The van der Waals surface area contributed by atoms with Gasteiger partial charge in [-0.2, -0.15) is 0 Å². The highest BCUT2D eigenvalue weighted by Gasteiger charge is 2.24. The van der Waals surface area contributed by atoms with Crippen LogP contribution in [0.4, 0.5) is 4.79 Å². The standard InChI is InChI=1S/C16H22BrNO5/c1-5-10-6-7-13(11(17)8-10)22-9-12(14(19)20)18-15(21)23-16(2,3)4/h6-8,12H,5,9H2,1-4H3,(H,18,21)(H,19,20)/t12-/m1/s1. The third kappa shape index (κ3) is 6.90. The van der Waals surface area contributed by atoms with Gasteiger partial charge >= 0.3 is 12.1 Å². The first-order valence-electron chi connectivity index (χ1n) is 7.26. The average molecular weight is 388 g/mol. The number of rotatable bonds is 6. The number of ether oxygens (including phenoxy) is 2. The maximum Gasteiger partial charge on any atom is 0.408 e. The second kappa shape index (κ2) is 8.19. The van der Waals surface area contributed by atoms with Crippen molar-refractivity contribution in [3.05, 3.63) is 28.2 Å². The van der Waals surface area contributed by atoms with Gasteiger partial charge in [0.1, 0.15) is 18.0 Å². The minimum Gasteiger partial charge on any atom is -0.490 e. The van der Waals surface area contributed by atoms with Crippen LogP contribution in [-0.2, 0) is 16.0 Å². The number of benzene rings is 1. The lowest BCUT2D eigenvalue weighted by Crippen LogP contribution is -2.46. The van der Waals surface area contributed by atoms with Gasteiger partial charge < -0.3 is 19.9 Å². The number of hydrogen-bond acceptors (Lipinski definition) is 4. The van der Waals surface area contributed by atoms with E-state index in [1.807, 2.05) is 19.1 Å². The number of aliphatic carboxylic acids is 1. The van der Waals surface area contributed by atoms with Crippen LogP contribution in [0.25, 0.3) is 0 Å². The molecule has 0 aliphatic rings. The summed E-state index contributed by atoms with van der Waals surface area (Å²) in [6.07, 6.45) is 0.0884. The normalized spacial score (nSPS) is 12.4. The van der Waals surface area contributed by atoms with E-state index in [0.717, 1.165) is 16.5 Å². The Kier molecular flexibility index (Phi) is 6.87. The van der Waals surface area contributed by atoms with Crippen molar-refractivity contribution in [2.45, 2.75) is 45.8 Å². The monoisotopic (exact) mass is 387 g/mol. The first-order chi connectivity index (χ1) is 10.6. The lowest BCUT2D eigenvalue weighted by atomic mass is 10.2. The molecule has 0 aromatic heterocycles. The summed E-state index contributed by atoms with van der Waals surface area (Å²) in [6.45, 7) is 6.92. The topological polar surface area (TPSA) is 84.9 Å². The Morgan fingerprint density at radius 3 is 2.48 bits per heavy atom. The number of amides is 1. The van der Waals surface area contributed by atoms with Gasteiger partial charge in [-0.1, -0.05) is 13.0 Å². The summed E-state index contributed by atoms with van der Waals surface area (Å²) in [5, 5.41) is 11.5. The van der Waals surface area contributed by atoms with Crippen molar-refractivity contribution in [3.8, 4) is 5.75 Å². The van der Waals surface area contributed by atoms with E-state index in [2.05, 4.69) is 21.2 Å². The predicted octanol–water partition coefficient (Wildman–Crippen LogP) is 3.37. The van der Waals surface area contributed by atoms with Crippen molar-refractivity contribution in [3.63, 3.8) is 0 Å². The Morgan fingerprint density at radius 2 is 2.00 bits per heavy atom. The van der Waals surface area contributed by atoms with Gasteiger partial charge in [0.2, 0.25) is 0 Å². The quantitative estimate of drug-likeness (QED) is 0.781. The maximum absolute atomic E-state index is 11.7. The molecule has 0 unspecified atom stereocenters. The number of carboxylic acid groups (broad SMARTS) is 1. The van der Waals surface area contributed by atoms with Gasteiger partial charge in [0.25, 0.3) is 0 Å². The van der Waals surface area contributed by atoms with Crippen LogP contribution in [-0.4, -0.2) is 35.4 Å². The highest BCUT2D eigenvalue weighted by atomic mass is 79.9. The van der Waals surface area contributed by atoms with Gasteiger partial charge in [0, 0.05) is 0 Å². The Balaban J connectivity index is 2.67. The zero-order valence-corrected chi connectivity index (χ0v) is 15.3. The number of carbonyl (C=O) groups is 2. The van der Waals surface area contributed by atoms with Crippen LogP contribution in [0, 0.1) is 0 Å². The number of hydrogen-bond donors (Lipinski definition) is 2. The summed E-state index contributed by atoms with van der Waals surface area (Å²) in [5.41, 5.74) is 0.429. The third-order valence-corrected chi connectivity index (χ3v) is 3.42. The SMILES string of the molecule is CCc1ccc(OC[C@@H](NC(=O)OC(C)(C)C)C(=O)O)c(Br)c1.